The molecule has 16 heavy (non-hydrogen) atoms. The van der Waals surface area contributed by atoms with Gasteiger partial charge in [-0.05, 0) is 52.4 Å². The first-order valence-electron chi connectivity index (χ1n) is 6.48. The van der Waals surface area contributed by atoms with Gasteiger partial charge in [0.25, 0.3) is 0 Å². The number of nitrogens with one attached hydrogen (secondary N) is 1. The second kappa shape index (κ2) is 4.28. The molecule has 2 rings (SSSR count). The summed E-state index contributed by atoms with van der Waals surface area (Å²) in [6.07, 6.45) is 4.97. The second-order valence-electron chi connectivity index (χ2n) is 6.41. The first-order valence-corrected chi connectivity index (χ1v) is 6.48. The number of hydrogen-bond acceptors (Lipinski definition) is 3. The van der Waals surface area contributed by atoms with Crippen LogP contribution < -0.4 is 5.32 Å². The predicted molar refractivity (Wildman–Crippen MR) is 64.4 cm³/mol. The summed E-state index contributed by atoms with van der Waals surface area (Å²) in [5, 5.41) is 13.3. The van der Waals surface area contributed by atoms with Gasteiger partial charge in [-0.1, -0.05) is 0 Å². The van der Waals surface area contributed by atoms with Gasteiger partial charge >= 0.3 is 0 Å². The fourth-order valence-electron chi connectivity index (χ4n) is 2.11. The molecule has 0 saturated heterocycles. The second-order valence-corrected chi connectivity index (χ2v) is 6.41. The Bertz CT molecular complexity index is 241. The molecule has 2 aliphatic carbocycles. The molecule has 2 N–H and O–H groups in total. The van der Waals surface area contributed by atoms with Gasteiger partial charge in [-0.3, -0.25) is 0 Å². The molecule has 1 atom stereocenters. The Morgan fingerprint density at radius 1 is 1.19 bits per heavy atom. The van der Waals surface area contributed by atoms with Gasteiger partial charge in [-0.2, -0.15) is 0 Å². The van der Waals surface area contributed by atoms with E-state index in [1.54, 1.807) is 0 Å². The van der Waals surface area contributed by atoms with Crippen LogP contribution in [0.4, 0.5) is 0 Å². The zero-order valence-corrected chi connectivity index (χ0v) is 10.8. The van der Waals surface area contributed by atoms with E-state index in [-0.39, 0.29) is 17.7 Å². The van der Waals surface area contributed by atoms with E-state index in [0.29, 0.717) is 18.6 Å². The fraction of sp³-hybridized carbons (Fsp3) is 1.00. The molecule has 0 aromatic heterocycles. The van der Waals surface area contributed by atoms with Crippen molar-refractivity contribution in [3.63, 3.8) is 0 Å². The molecule has 2 aliphatic rings. The molecule has 1 unspecified atom stereocenters. The molecule has 3 heteroatoms. The minimum Gasteiger partial charge on any atom is -0.394 e. The molecule has 0 radical (unpaired) electrons. The van der Waals surface area contributed by atoms with E-state index in [1.807, 2.05) is 0 Å². The van der Waals surface area contributed by atoms with Crippen LogP contribution in [0.1, 0.15) is 46.5 Å². The molecular formula is C13H25NO2. The van der Waals surface area contributed by atoms with E-state index in [2.05, 4.69) is 26.1 Å². The molecule has 2 saturated carbocycles. The molecule has 0 bridgehead atoms. The average molecular weight is 227 g/mol. The Morgan fingerprint density at radius 2 is 1.81 bits per heavy atom. The third-order valence-corrected chi connectivity index (χ3v) is 3.47. The maximum atomic E-state index is 9.72. The smallest absolute Gasteiger partial charge is 0.0681 e. The highest BCUT2D eigenvalue weighted by molar-refractivity contribution is 5.04. The van der Waals surface area contributed by atoms with Crippen LogP contribution in [0, 0.1) is 5.92 Å². The Morgan fingerprint density at radius 3 is 2.19 bits per heavy atom. The lowest BCUT2D eigenvalue weighted by atomic mass is 9.94. The normalized spacial score (nSPS) is 25.5. The molecule has 3 nitrogen and oxygen atoms in total. The minimum absolute atomic E-state index is 0.124. The first kappa shape index (κ1) is 12.3. The fourth-order valence-corrected chi connectivity index (χ4v) is 2.11. The highest BCUT2D eigenvalue weighted by Crippen LogP contribution is 2.42. The lowest BCUT2D eigenvalue weighted by molar-refractivity contribution is -0.0559. The van der Waals surface area contributed by atoms with Crippen molar-refractivity contribution in [3.05, 3.63) is 0 Å². The SMILES string of the molecule is CC(C)(C)OCC(CO)(NC1CC1)C1CC1. The summed E-state index contributed by atoms with van der Waals surface area (Å²) in [7, 11) is 0. The summed E-state index contributed by atoms with van der Waals surface area (Å²) in [5.74, 6) is 0.612. The van der Waals surface area contributed by atoms with E-state index >= 15 is 0 Å². The van der Waals surface area contributed by atoms with E-state index in [1.165, 1.54) is 25.7 Å². The summed E-state index contributed by atoms with van der Waals surface area (Å²) in [5.41, 5.74) is -0.297. The van der Waals surface area contributed by atoms with E-state index < -0.39 is 0 Å². The van der Waals surface area contributed by atoms with Crippen LogP contribution in [0.3, 0.4) is 0 Å². The summed E-state index contributed by atoms with van der Waals surface area (Å²) in [6.45, 7) is 7.04. The third kappa shape index (κ3) is 3.19. The van der Waals surface area contributed by atoms with Gasteiger partial charge in [0, 0.05) is 6.04 Å². The predicted octanol–water partition coefficient (Wildman–Crippen LogP) is 1.69. The topological polar surface area (TPSA) is 41.5 Å². The maximum absolute atomic E-state index is 9.72. The summed E-state index contributed by atoms with van der Waals surface area (Å²) in [6, 6.07) is 0.622. The van der Waals surface area contributed by atoms with Gasteiger partial charge in [0.2, 0.25) is 0 Å². The van der Waals surface area contributed by atoms with Crippen molar-refractivity contribution in [2.24, 2.45) is 5.92 Å². The highest BCUT2D eigenvalue weighted by Gasteiger charge is 2.48. The van der Waals surface area contributed by atoms with Gasteiger partial charge < -0.3 is 15.2 Å². The van der Waals surface area contributed by atoms with Crippen LogP contribution in [0.15, 0.2) is 0 Å². The minimum atomic E-state index is -0.172. The van der Waals surface area contributed by atoms with Crippen LogP contribution in [-0.4, -0.2) is 35.5 Å². The van der Waals surface area contributed by atoms with Crippen molar-refractivity contribution in [3.8, 4) is 0 Å². The lowest BCUT2D eigenvalue weighted by Crippen LogP contribution is -2.56. The van der Waals surface area contributed by atoms with Crippen LogP contribution in [0.25, 0.3) is 0 Å². The lowest BCUT2D eigenvalue weighted by Gasteiger charge is -2.36. The molecule has 0 aliphatic heterocycles. The van der Waals surface area contributed by atoms with Crippen molar-refractivity contribution >= 4 is 0 Å². The van der Waals surface area contributed by atoms with E-state index in [4.69, 9.17) is 4.74 Å². The zero-order valence-electron chi connectivity index (χ0n) is 10.8. The monoisotopic (exact) mass is 227 g/mol. The van der Waals surface area contributed by atoms with Gasteiger partial charge in [0.1, 0.15) is 0 Å². The van der Waals surface area contributed by atoms with Gasteiger partial charge in [-0.15, -0.1) is 0 Å². The summed E-state index contributed by atoms with van der Waals surface area (Å²) in [4.78, 5) is 0. The summed E-state index contributed by atoms with van der Waals surface area (Å²) < 4.78 is 5.89. The number of aliphatic hydroxyl groups excluding tert-OH is 1. The third-order valence-electron chi connectivity index (χ3n) is 3.47. The Labute approximate surface area is 98.6 Å². The molecule has 0 spiro atoms. The van der Waals surface area contributed by atoms with Crippen LogP contribution in [0.2, 0.25) is 0 Å². The number of aliphatic hydroxyl groups is 1. The quantitative estimate of drug-likeness (QED) is 0.725. The van der Waals surface area contributed by atoms with Crippen LogP contribution >= 0.6 is 0 Å². The van der Waals surface area contributed by atoms with Crippen molar-refractivity contribution in [2.45, 2.75) is 63.6 Å². The largest absolute Gasteiger partial charge is 0.394 e. The summed E-state index contributed by atoms with van der Waals surface area (Å²) >= 11 is 0. The van der Waals surface area contributed by atoms with Crippen molar-refractivity contribution < 1.29 is 9.84 Å². The zero-order chi connectivity index (χ0) is 11.8. The molecule has 0 amide bonds. The number of ether oxygens (including phenoxy) is 1. The van der Waals surface area contributed by atoms with Gasteiger partial charge in [0.05, 0.1) is 24.4 Å². The van der Waals surface area contributed by atoms with Crippen molar-refractivity contribution in [1.82, 2.24) is 5.32 Å². The average Bonchev–Trinajstić information content (AvgIpc) is 3.01. The standard InChI is InChI=1S/C13H25NO2/c1-12(2,3)16-9-13(8-15,10-4-5-10)14-11-6-7-11/h10-11,14-15H,4-9H2,1-3H3. The van der Waals surface area contributed by atoms with E-state index in [9.17, 15) is 5.11 Å². The highest BCUT2D eigenvalue weighted by atomic mass is 16.5. The molecular weight excluding hydrogens is 202 g/mol. The molecule has 0 aromatic carbocycles. The molecule has 0 aromatic rings. The van der Waals surface area contributed by atoms with Gasteiger partial charge in [0.15, 0.2) is 0 Å². The van der Waals surface area contributed by atoms with Crippen molar-refractivity contribution in [2.75, 3.05) is 13.2 Å². The number of rotatable bonds is 6. The molecule has 0 heterocycles. The van der Waals surface area contributed by atoms with Crippen LogP contribution in [0.5, 0.6) is 0 Å². The maximum Gasteiger partial charge on any atom is 0.0681 e. The first-order chi connectivity index (χ1) is 7.45. The van der Waals surface area contributed by atoms with Crippen LogP contribution in [-0.2, 0) is 4.74 Å². The van der Waals surface area contributed by atoms with Crippen molar-refractivity contribution in [1.29, 1.82) is 0 Å². The Hall–Kier alpha value is -0.120. The number of hydrogen-bond donors (Lipinski definition) is 2. The van der Waals surface area contributed by atoms with E-state index in [0.717, 1.165) is 0 Å². The van der Waals surface area contributed by atoms with Gasteiger partial charge in [-0.25, -0.2) is 0 Å². The Kier molecular flexibility index (Phi) is 3.30. The molecule has 2 fully saturated rings. The molecule has 94 valence electrons. The Balaban J connectivity index is 1.94.